The van der Waals surface area contributed by atoms with Gasteiger partial charge in [-0.1, -0.05) is 30.9 Å². The second-order valence-corrected chi connectivity index (χ2v) is 7.71. The summed E-state index contributed by atoms with van der Waals surface area (Å²) < 4.78 is 13.9. The van der Waals surface area contributed by atoms with Gasteiger partial charge in [0.05, 0.1) is 16.3 Å². The van der Waals surface area contributed by atoms with Gasteiger partial charge in [-0.2, -0.15) is 4.39 Å². The molecule has 0 saturated heterocycles. The van der Waals surface area contributed by atoms with Gasteiger partial charge in [0.2, 0.25) is 5.95 Å². The third-order valence-corrected chi connectivity index (χ3v) is 5.64. The smallest absolute Gasteiger partial charge is 0.255 e. The first kappa shape index (κ1) is 17.6. The van der Waals surface area contributed by atoms with E-state index in [2.05, 4.69) is 9.97 Å². The lowest BCUT2D eigenvalue weighted by atomic mass is 9.88. The summed E-state index contributed by atoms with van der Waals surface area (Å²) in [7, 11) is 0. The molecule has 2 aromatic rings. The number of halogens is 2. The van der Waals surface area contributed by atoms with Gasteiger partial charge in [-0.05, 0) is 18.9 Å². The van der Waals surface area contributed by atoms with E-state index in [0.29, 0.717) is 41.6 Å². The fourth-order valence-corrected chi connectivity index (χ4v) is 4.20. The molecule has 0 amide bonds. The van der Waals surface area contributed by atoms with Crippen LogP contribution in [0.25, 0.3) is 0 Å². The molecule has 1 N–H and O–H groups in total. The highest BCUT2D eigenvalue weighted by atomic mass is 35.5. The summed E-state index contributed by atoms with van der Waals surface area (Å²) >= 11 is 5.92. The number of nitrogens with zero attached hydrogens (tertiary/aromatic N) is 3. The molecule has 4 rings (SSSR count). The summed E-state index contributed by atoms with van der Waals surface area (Å²) in [4.78, 5) is 26.1. The van der Waals surface area contributed by atoms with Crippen LogP contribution < -0.4 is 5.56 Å². The fourth-order valence-electron chi connectivity index (χ4n) is 4.02. The summed E-state index contributed by atoms with van der Waals surface area (Å²) in [5, 5.41) is 0.412. The first-order valence-electron chi connectivity index (χ1n) is 9.24. The predicted molar refractivity (Wildman–Crippen MR) is 97.7 cm³/mol. The Kier molecular flexibility index (Phi) is 5.05. The van der Waals surface area contributed by atoms with E-state index in [0.717, 1.165) is 30.9 Å². The molecule has 0 unspecified atom stereocenters. The van der Waals surface area contributed by atoms with Gasteiger partial charge >= 0.3 is 0 Å². The molecule has 0 radical (unpaired) electrons. The van der Waals surface area contributed by atoms with Gasteiger partial charge in [0.1, 0.15) is 5.82 Å². The highest BCUT2D eigenvalue weighted by Crippen LogP contribution is 2.31. The van der Waals surface area contributed by atoms with Gasteiger partial charge in [0.15, 0.2) is 0 Å². The summed E-state index contributed by atoms with van der Waals surface area (Å²) in [5.41, 5.74) is 2.00. The van der Waals surface area contributed by atoms with Gasteiger partial charge in [-0.15, -0.1) is 0 Å². The molecule has 1 aliphatic heterocycles. The molecule has 7 heteroatoms. The Morgan fingerprint density at radius 1 is 1.31 bits per heavy atom. The Bertz CT molecular complexity index is 863. The molecule has 0 atom stereocenters. The van der Waals surface area contributed by atoms with E-state index in [1.54, 1.807) is 6.07 Å². The molecule has 0 aromatic carbocycles. The highest BCUT2D eigenvalue weighted by Gasteiger charge is 2.25. The van der Waals surface area contributed by atoms with Gasteiger partial charge in [-0.3, -0.25) is 9.69 Å². The number of rotatable bonds is 3. The van der Waals surface area contributed by atoms with Crippen LogP contribution in [0.2, 0.25) is 5.02 Å². The SMILES string of the molecule is O=c1[nH]c(C2CCCCC2)nc2c1CN(Cc1cc(Cl)cnc1F)CC2. The zero-order valence-corrected chi connectivity index (χ0v) is 15.4. The number of aromatic amines is 1. The Labute approximate surface area is 156 Å². The quantitative estimate of drug-likeness (QED) is 0.832. The molecule has 26 heavy (non-hydrogen) atoms. The van der Waals surface area contributed by atoms with Crippen molar-refractivity contribution in [1.29, 1.82) is 0 Å². The number of fused-ring (bicyclic) bond motifs is 1. The lowest BCUT2D eigenvalue weighted by Gasteiger charge is -2.29. The minimum atomic E-state index is -0.514. The van der Waals surface area contributed by atoms with Crippen LogP contribution in [0.3, 0.4) is 0 Å². The number of nitrogens with one attached hydrogen (secondary N) is 1. The topological polar surface area (TPSA) is 61.9 Å². The molecule has 5 nitrogen and oxygen atoms in total. The minimum Gasteiger partial charge on any atom is -0.310 e. The summed E-state index contributed by atoms with van der Waals surface area (Å²) in [6, 6.07) is 1.59. The van der Waals surface area contributed by atoms with Crippen molar-refractivity contribution < 1.29 is 4.39 Å². The molecule has 2 aromatic heterocycles. The number of pyridine rings is 1. The third-order valence-electron chi connectivity index (χ3n) is 5.43. The molecule has 2 aliphatic rings. The fraction of sp³-hybridized carbons (Fsp3) is 0.526. The number of H-pyrrole nitrogens is 1. The monoisotopic (exact) mass is 376 g/mol. The van der Waals surface area contributed by atoms with Crippen molar-refractivity contribution in [2.24, 2.45) is 0 Å². The normalized spacial score (nSPS) is 18.7. The van der Waals surface area contributed by atoms with Crippen LogP contribution in [0.15, 0.2) is 17.1 Å². The number of hydrogen-bond donors (Lipinski definition) is 1. The molecule has 0 bridgehead atoms. The van der Waals surface area contributed by atoms with Crippen molar-refractivity contribution in [3.8, 4) is 0 Å². The summed E-state index contributed by atoms with van der Waals surface area (Å²) in [6.07, 6.45) is 7.90. The van der Waals surface area contributed by atoms with Crippen molar-refractivity contribution in [1.82, 2.24) is 19.9 Å². The zero-order valence-electron chi connectivity index (χ0n) is 14.6. The number of aromatic nitrogens is 3. The van der Waals surface area contributed by atoms with Crippen molar-refractivity contribution in [3.63, 3.8) is 0 Å². The van der Waals surface area contributed by atoms with Crippen molar-refractivity contribution in [2.45, 2.75) is 57.5 Å². The summed E-state index contributed by atoms with van der Waals surface area (Å²) in [5.74, 6) is 0.721. The lowest BCUT2D eigenvalue weighted by molar-refractivity contribution is 0.237. The first-order valence-corrected chi connectivity index (χ1v) is 9.62. The molecular weight excluding hydrogens is 355 g/mol. The van der Waals surface area contributed by atoms with Crippen LogP contribution in [0, 0.1) is 5.95 Å². The molecular formula is C19H22ClFN4O. The highest BCUT2D eigenvalue weighted by molar-refractivity contribution is 6.30. The Hall–Kier alpha value is -1.79. The minimum absolute atomic E-state index is 0.0510. The zero-order chi connectivity index (χ0) is 18.1. The Morgan fingerprint density at radius 2 is 2.12 bits per heavy atom. The van der Waals surface area contributed by atoms with Crippen molar-refractivity contribution in [3.05, 3.63) is 56.2 Å². The Balaban J connectivity index is 1.53. The van der Waals surface area contributed by atoms with Crippen molar-refractivity contribution >= 4 is 11.6 Å². The van der Waals surface area contributed by atoms with Crippen LogP contribution in [-0.2, 0) is 19.5 Å². The van der Waals surface area contributed by atoms with E-state index < -0.39 is 5.95 Å². The molecule has 138 valence electrons. The summed E-state index contributed by atoms with van der Waals surface area (Å²) in [6.45, 7) is 1.58. The second kappa shape index (κ2) is 7.45. The molecule has 1 aliphatic carbocycles. The van der Waals surface area contributed by atoms with E-state index in [-0.39, 0.29) is 5.56 Å². The molecule has 3 heterocycles. The maximum Gasteiger partial charge on any atom is 0.255 e. The van der Waals surface area contributed by atoms with E-state index in [4.69, 9.17) is 16.6 Å². The van der Waals surface area contributed by atoms with Gasteiger partial charge in [-0.25, -0.2) is 9.97 Å². The van der Waals surface area contributed by atoms with Gasteiger partial charge in [0.25, 0.3) is 5.56 Å². The van der Waals surface area contributed by atoms with E-state index in [9.17, 15) is 9.18 Å². The van der Waals surface area contributed by atoms with Gasteiger partial charge < -0.3 is 4.98 Å². The van der Waals surface area contributed by atoms with Crippen LogP contribution in [0.1, 0.15) is 60.7 Å². The standard InChI is InChI=1S/C19H22ClFN4O/c20-14-8-13(17(21)22-9-14)10-25-7-6-16-15(11-25)19(26)24-18(23-16)12-4-2-1-3-5-12/h8-9,12H,1-7,10-11H2,(H,23,24,26). The van der Waals surface area contributed by atoms with Gasteiger partial charge in [0, 0.05) is 43.7 Å². The molecule has 1 fully saturated rings. The average Bonchev–Trinajstić information content (AvgIpc) is 2.66. The lowest BCUT2D eigenvalue weighted by Crippen LogP contribution is -2.36. The predicted octanol–water partition coefficient (Wildman–Crippen LogP) is 3.56. The second-order valence-electron chi connectivity index (χ2n) is 7.28. The van der Waals surface area contributed by atoms with Crippen LogP contribution in [0.4, 0.5) is 4.39 Å². The van der Waals surface area contributed by atoms with Crippen molar-refractivity contribution in [2.75, 3.05) is 6.54 Å². The maximum absolute atomic E-state index is 13.9. The Morgan fingerprint density at radius 3 is 2.92 bits per heavy atom. The first-order chi connectivity index (χ1) is 12.6. The van der Waals surface area contributed by atoms with Crippen LogP contribution in [0.5, 0.6) is 0 Å². The third kappa shape index (κ3) is 3.67. The number of hydrogen-bond acceptors (Lipinski definition) is 4. The largest absolute Gasteiger partial charge is 0.310 e. The molecule has 1 saturated carbocycles. The van der Waals surface area contributed by atoms with E-state index in [1.807, 2.05) is 4.90 Å². The molecule has 0 spiro atoms. The van der Waals surface area contributed by atoms with E-state index >= 15 is 0 Å². The van der Waals surface area contributed by atoms with Crippen LogP contribution >= 0.6 is 11.6 Å². The van der Waals surface area contributed by atoms with Crippen LogP contribution in [-0.4, -0.2) is 26.4 Å². The maximum atomic E-state index is 13.9. The average molecular weight is 377 g/mol. The van der Waals surface area contributed by atoms with E-state index in [1.165, 1.54) is 25.5 Å².